The number of aromatic nitrogens is 1. The predicted octanol–water partition coefficient (Wildman–Crippen LogP) is 4.21. The fourth-order valence-corrected chi connectivity index (χ4v) is 5.93. The number of carbonyl (C=O) groups is 3. The average molecular weight is 515 g/mol. The lowest BCUT2D eigenvalue weighted by molar-refractivity contribution is -0.126. The number of nitrogens with zero attached hydrogens (tertiary/aromatic N) is 3. The van der Waals surface area contributed by atoms with Crippen molar-refractivity contribution in [3.63, 3.8) is 0 Å². The number of methoxy groups -OCH3 is 1. The van der Waals surface area contributed by atoms with Crippen molar-refractivity contribution in [3.8, 4) is 5.75 Å². The van der Waals surface area contributed by atoms with Gasteiger partial charge in [-0.15, -0.1) is 0 Å². The van der Waals surface area contributed by atoms with E-state index >= 15 is 0 Å². The molecule has 3 amide bonds. The molecular weight excluding hydrogens is 484 g/mol. The first-order valence-corrected chi connectivity index (χ1v) is 13.4. The number of aryl methyl sites for hydroxylation is 1. The van der Waals surface area contributed by atoms with Gasteiger partial charge in [0, 0.05) is 37.0 Å². The number of thiazole rings is 1. The molecule has 0 unspecified atom stereocenters. The Kier molecular flexibility index (Phi) is 8.12. The summed E-state index contributed by atoms with van der Waals surface area (Å²) in [5.74, 6) is 0.568. The van der Waals surface area contributed by atoms with Gasteiger partial charge in [-0.05, 0) is 56.4 Å². The van der Waals surface area contributed by atoms with Gasteiger partial charge in [-0.2, -0.15) is 0 Å². The zero-order valence-corrected chi connectivity index (χ0v) is 21.7. The van der Waals surface area contributed by atoms with Gasteiger partial charge in [0.2, 0.25) is 11.8 Å². The highest BCUT2D eigenvalue weighted by Crippen LogP contribution is 2.39. The third-order valence-corrected chi connectivity index (χ3v) is 8.26. The molecule has 1 aliphatic carbocycles. The molecule has 1 aromatic carbocycles. The van der Waals surface area contributed by atoms with Crippen LogP contribution in [0.3, 0.4) is 0 Å². The molecule has 2 aliphatic rings. The number of ether oxygens (including phenoxy) is 1. The number of nitrogens with one attached hydrogen (secondary N) is 1. The van der Waals surface area contributed by atoms with Crippen molar-refractivity contribution in [2.45, 2.75) is 41.7 Å². The molecule has 2 aromatic rings. The Hall–Kier alpha value is -2.85. The lowest BCUT2D eigenvalue weighted by atomic mass is 10.1. The Balaban J connectivity index is 1.47. The lowest BCUT2D eigenvalue weighted by Crippen LogP contribution is -2.41. The standard InChI is InChI=1S/C25H30N4O4S2/c1-4-21(30)28-9-5-11-29(12-6-10-28)24(32)18-14-20(16(2)13-19(18)33-3)34-22-15-26-25(35-22)27-23(31)17-7-8-17/h4,13-15,17H,1,5-12H2,2-3H3,(H,26,27,31). The summed E-state index contributed by atoms with van der Waals surface area (Å²) in [5, 5.41) is 3.48. The fraction of sp³-hybridized carbons (Fsp3) is 0.440. The second kappa shape index (κ2) is 11.3. The van der Waals surface area contributed by atoms with Crippen LogP contribution < -0.4 is 10.1 Å². The van der Waals surface area contributed by atoms with E-state index in [1.54, 1.807) is 18.2 Å². The number of anilines is 1. The van der Waals surface area contributed by atoms with E-state index in [-0.39, 0.29) is 23.6 Å². The summed E-state index contributed by atoms with van der Waals surface area (Å²) in [7, 11) is 1.57. The van der Waals surface area contributed by atoms with Crippen LogP contribution in [0.15, 0.2) is 40.1 Å². The van der Waals surface area contributed by atoms with Crippen molar-refractivity contribution in [1.29, 1.82) is 0 Å². The largest absolute Gasteiger partial charge is 0.496 e. The molecule has 10 heteroatoms. The van der Waals surface area contributed by atoms with Crippen LogP contribution in [0.1, 0.15) is 41.6 Å². The van der Waals surface area contributed by atoms with Gasteiger partial charge in [0.1, 0.15) is 5.75 Å². The van der Waals surface area contributed by atoms with E-state index in [0.717, 1.165) is 27.5 Å². The monoisotopic (exact) mass is 514 g/mol. The van der Waals surface area contributed by atoms with Crippen LogP contribution >= 0.6 is 23.1 Å². The van der Waals surface area contributed by atoms with Crippen LogP contribution in [-0.2, 0) is 9.59 Å². The van der Waals surface area contributed by atoms with Crippen molar-refractivity contribution in [2.24, 2.45) is 5.92 Å². The first-order chi connectivity index (χ1) is 16.9. The van der Waals surface area contributed by atoms with Crippen molar-refractivity contribution in [2.75, 3.05) is 38.6 Å². The molecule has 2 heterocycles. The van der Waals surface area contributed by atoms with Crippen molar-refractivity contribution in [1.82, 2.24) is 14.8 Å². The number of rotatable bonds is 7. The molecule has 0 atom stereocenters. The molecule has 2 fully saturated rings. The molecule has 0 spiro atoms. The van der Waals surface area contributed by atoms with Gasteiger partial charge >= 0.3 is 0 Å². The van der Waals surface area contributed by atoms with Crippen LogP contribution in [0, 0.1) is 12.8 Å². The van der Waals surface area contributed by atoms with E-state index in [4.69, 9.17) is 4.74 Å². The second-order valence-electron chi connectivity index (χ2n) is 8.70. The number of carbonyl (C=O) groups excluding carboxylic acids is 3. The lowest BCUT2D eigenvalue weighted by Gasteiger charge is -2.30. The molecule has 4 rings (SSSR count). The SMILES string of the molecule is C=CC(=O)N1CCCN(C(=O)c2cc(Sc3cnc(NC(=O)C4CC4)s3)c(C)cc2OC)CCC1. The Morgan fingerprint density at radius 3 is 2.49 bits per heavy atom. The third-order valence-electron chi connectivity index (χ3n) is 6.09. The summed E-state index contributed by atoms with van der Waals surface area (Å²) in [6.07, 6.45) is 6.39. The van der Waals surface area contributed by atoms with E-state index in [1.807, 2.05) is 24.0 Å². The maximum Gasteiger partial charge on any atom is 0.257 e. The van der Waals surface area contributed by atoms with Crippen molar-refractivity contribution in [3.05, 3.63) is 42.1 Å². The van der Waals surface area contributed by atoms with E-state index in [2.05, 4.69) is 16.9 Å². The third kappa shape index (κ3) is 6.24. The van der Waals surface area contributed by atoms with Crippen LogP contribution in [0.4, 0.5) is 5.13 Å². The van der Waals surface area contributed by atoms with Crippen LogP contribution in [0.25, 0.3) is 0 Å². The number of amides is 3. The smallest absolute Gasteiger partial charge is 0.257 e. The van der Waals surface area contributed by atoms with Gasteiger partial charge in [-0.1, -0.05) is 29.7 Å². The van der Waals surface area contributed by atoms with Gasteiger partial charge in [-0.25, -0.2) is 4.98 Å². The van der Waals surface area contributed by atoms with Gasteiger partial charge in [0.05, 0.1) is 23.1 Å². The van der Waals surface area contributed by atoms with E-state index in [9.17, 15) is 14.4 Å². The highest BCUT2D eigenvalue weighted by Gasteiger charge is 2.30. The summed E-state index contributed by atoms with van der Waals surface area (Å²) < 4.78 is 6.49. The summed E-state index contributed by atoms with van der Waals surface area (Å²) in [4.78, 5) is 46.4. The van der Waals surface area contributed by atoms with E-state index in [0.29, 0.717) is 55.5 Å². The number of benzene rings is 1. The molecule has 0 radical (unpaired) electrons. The maximum absolute atomic E-state index is 13.5. The minimum absolute atomic E-state index is 0.0367. The summed E-state index contributed by atoms with van der Waals surface area (Å²) in [5.41, 5.74) is 1.51. The van der Waals surface area contributed by atoms with Crippen LogP contribution in [0.5, 0.6) is 5.75 Å². The zero-order valence-electron chi connectivity index (χ0n) is 20.0. The van der Waals surface area contributed by atoms with Crippen molar-refractivity contribution >= 4 is 46.0 Å². The first-order valence-electron chi connectivity index (χ1n) is 11.7. The van der Waals surface area contributed by atoms with Gasteiger partial charge < -0.3 is 19.9 Å². The minimum atomic E-state index is -0.0751. The highest BCUT2D eigenvalue weighted by atomic mass is 32.2. The van der Waals surface area contributed by atoms with Crippen LogP contribution in [0.2, 0.25) is 0 Å². The first kappa shape index (κ1) is 25.2. The fourth-order valence-electron chi connectivity index (χ4n) is 3.98. The van der Waals surface area contributed by atoms with E-state index in [1.165, 1.54) is 29.2 Å². The molecular formula is C25H30N4O4S2. The average Bonchev–Trinajstić information content (AvgIpc) is 3.60. The second-order valence-corrected chi connectivity index (χ2v) is 11.1. The normalized spacial score (nSPS) is 16.3. The molecule has 1 saturated carbocycles. The molecule has 1 aliphatic heterocycles. The number of hydrogen-bond donors (Lipinski definition) is 1. The zero-order chi connectivity index (χ0) is 24.9. The highest BCUT2D eigenvalue weighted by molar-refractivity contribution is 8.01. The molecule has 1 aromatic heterocycles. The van der Waals surface area contributed by atoms with Gasteiger partial charge in [0.25, 0.3) is 5.91 Å². The van der Waals surface area contributed by atoms with Crippen LogP contribution in [-0.4, -0.2) is 65.8 Å². The molecule has 186 valence electrons. The predicted molar refractivity (Wildman–Crippen MR) is 137 cm³/mol. The van der Waals surface area contributed by atoms with Gasteiger partial charge in [-0.3, -0.25) is 14.4 Å². The maximum atomic E-state index is 13.5. The Bertz CT molecular complexity index is 1120. The number of hydrogen-bond acceptors (Lipinski definition) is 7. The topological polar surface area (TPSA) is 91.8 Å². The summed E-state index contributed by atoms with van der Waals surface area (Å²) >= 11 is 2.95. The van der Waals surface area contributed by atoms with Gasteiger partial charge in [0.15, 0.2) is 5.13 Å². The Morgan fingerprint density at radius 1 is 1.17 bits per heavy atom. The quantitative estimate of drug-likeness (QED) is 0.557. The summed E-state index contributed by atoms with van der Waals surface area (Å²) in [6, 6.07) is 3.77. The Morgan fingerprint density at radius 2 is 1.86 bits per heavy atom. The Labute approximate surface area is 213 Å². The molecule has 1 saturated heterocycles. The molecule has 35 heavy (non-hydrogen) atoms. The molecule has 8 nitrogen and oxygen atoms in total. The molecule has 0 bridgehead atoms. The molecule has 1 N–H and O–H groups in total. The minimum Gasteiger partial charge on any atom is -0.496 e. The summed E-state index contributed by atoms with van der Waals surface area (Å²) in [6.45, 7) is 7.89. The van der Waals surface area contributed by atoms with E-state index < -0.39 is 0 Å². The van der Waals surface area contributed by atoms with Crippen molar-refractivity contribution < 1.29 is 19.1 Å².